The zero-order chi connectivity index (χ0) is 22.8. The maximum absolute atomic E-state index is 9.75. The van der Waals surface area contributed by atoms with Gasteiger partial charge in [0.15, 0.2) is 0 Å². The highest BCUT2D eigenvalue weighted by atomic mass is 16.5. The van der Waals surface area contributed by atoms with Gasteiger partial charge in [-0.25, -0.2) is 14.5 Å². The number of amidine groups is 1. The summed E-state index contributed by atoms with van der Waals surface area (Å²) in [5.41, 5.74) is 13.5. The number of hydrogen-bond donors (Lipinski definition) is 3. The Morgan fingerprint density at radius 2 is 2.06 bits per heavy atom. The van der Waals surface area contributed by atoms with Gasteiger partial charge in [-0.3, -0.25) is 0 Å². The predicted molar refractivity (Wildman–Crippen MR) is 127 cm³/mol. The SMILES string of the molecule is CCc1cc(O)ccc1N=C(N)c1cnn2cc(-c3cnc(OC)cc3C)cc2c1NC. The number of methoxy groups -OCH3 is 1. The Morgan fingerprint density at radius 3 is 2.75 bits per heavy atom. The Balaban J connectivity index is 1.80. The second-order valence-electron chi connectivity index (χ2n) is 7.45. The molecule has 0 saturated heterocycles. The van der Waals surface area contributed by atoms with E-state index in [0.29, 0.717) is 17.3 Å². The summed E-state index contributed by atoms with van der Waals surface area (Å²) in [5.74, 6) is 1.13. The minimum Gasteiger partial charge on any atom is -0.508 e. The molecule has 0 fully saturated rings. The summed E-state index contributed by atoms with van der Waals surface area (Å²) in [6, 6.07) is 9.03. The number of rotatable bonds is 6. The van der Waals surface area contributed by atoms with Crippen molar-refractivity contribution >= 4 is 22.7 Å². The number of hydrogen-bond acceptors (Lipinski definition) is 6. The van der Waals surface area contributed by atoms with E-state index in [0.717, 1.165) is 45.6 Å². The van der Waals surface area contributed by atoms with Gasteiger partial charge in [0.05, 0.1) is 35.8 Å². The minimum absolute atomic E-state index is 0.211. The number of phenols is 1. The molecule has 3 aromatic heterocycles. The number of aromatic hydroxyl groups is 1. The van der Waals surface area contributed by atoms with Gasteiger partial charge in [0.1, 0.15) is 11.6 Å². The van der Waals surface area contributed by atoms with Gasteiger partial charge < -0.3 is 20.9 Å². The maximum atomic E-state index is 9.75. The second-order valence-corrected chi connectivity index (χ2v) is 7.45. The van der Waals surface area contributed by atoms with Crippen LogP contribution in [0.3, 0.4) is 0 Å². The zero-order valence-corrected chi connectivity index (χ0v) is 18.5. The summed E-state index contributed by atoms with van der Waals surface area (Å²) < 4.78 is 7.02. The lowest BCUT2D eigenvalue weighted by Crippen LogP contribution is -2.16. The normalized spacial score (nSPS) is 11.7. The first-order valence-electron chi connectivity index (χ1n) is 10.3. The van der Waals surface area contributed by atoms with E-state index in [2.05, 4.69) is 20.4 Å². The van der Waals surface area contributed by atoms with Crippen molar-refractivity contribution in [2.75, 3.05) is 19.5 Å². The van der Waals surface area contributed by atoms with Crippen molar-refractivity contribution < 1.29 is 9.84 Å². The molecule has 0 bridgehead atoms. The van der Waals surface area contributed by atoms with E-state index in [1.165, 1.54) is 0 Å². The van der Waals surface area contributed by atoms with Crippen LogP contribution in [0.1, 0.15) is 23.6 Å². The molecular formula is C24H26N6O2. The van der Waals surface area contributed by atoms with E-state index in [4.69, 9.17) is 10.5 Å². The summed E-state index contributed by atoms with van der Waals surface area (Å²) in [6.07, 6.45) is 6.19. The molecule has 0 aliphatic rings. The number of phenolic OH excluding ortho intramolecular Hbond substituents is 1. The predicted octanol–water partition coefficient (Wildman–Crippen LogP) is 4.06. The number of pyridine rings is 1. The van der Waals surface area contributed by atoms with Gasteiger partial charge in [0, 0.05) is 36.6 Å². The van der Waals surface area contributed by atoms with E-state index < -0.39 is 0 Å². The fraction of sp³-hybridized carbons (Fsp3) is 0.208. The summed E-state index contributed by atoms with van der Waals surface area (Å²) >= 11 is 0. The maximum Gasteiger partial charge on any atom is 0.213 e. The van der Waals surface area contributed by atoms with Gasteiger partial charge in [-0.2, -0.15) is 5.10 Å². The average molecular weight is 431 g/mol. The number of ether oxygens (including phenoxy) is 1. The van der Waals surface area contributed by atoms with E-state index in [-0.39, 0.29) is 5.75 Å². The first-order valence-corrected chi connectivity index (χ1v) is 10.3. The second kappa shape index (κ2) is 8.58. The molecule has 4 aromatic rings. The third kappa shape index (κ3) is 3.82. The molecule has 0 aliphatic heterocycles. The first kappa shape index (κ1) is 21.2. The summed E-state index contributed by atoms with van der Waals surface area (Å²) in [5, 5.41) is 17.5. The molecule has 1 aromatic carbocycles. The molecule has 8 heteroatoms. The Kier molecular flexibility index (Phi) is 5.68. The zero-order valence-electron chi connectivity index (χ0n) is 18.5. The van der Waals surface area contributed by atoms with E-state index in [9.17, 15) is 5.11 Å². The van der Waals surface area contributed by atoms with Crippen LogP contribution in [0.2, 0.25) is 0 Å². The monoisotopic (exact) mass is 430 g/mol. The molecular weight excluding hydrogens is 404 g/mol. The van der Waals surface area contributed by atoms with E-state index >= 15 is 0 Å². The van der Waals surface area contributed by atoms with Crippen molar-refractivity contribution in [3.05, 3.63) is 65.6 Å². The molecule has 0 unspecified atom stereocenters. The molecule has 0 atom stereocenters. The molecule has 0 radical (unpaired) electrons. The molecule has 4 N–H and O–H groups in total. The van der Waals surface area contributed by atoms with Crippen LogP contribution >= 0.6 is 0 Å². The van der Waals surface area contributed by atoms with E-state index in [1.54, 1.807) is 42.2 Å². The van der Waals surface area contributed by atoms with Crippen molar-refractivity contribution in [2.45, 2.75) is 20.3 Å². The Bertz CT molecular complexity index is 1330. The third-order valence-corrected chi connectivity index (χ3v) is 5.45. The van der Waals surface area contributed by atoms with Crippen LogP contribution in [0.15, 0.2) is 53.9 Å². The number of aromatic nitrogens is 3. The summed E-state index contributed by atoms with van der Waals surface area (Å²) in [4.78, 5) is 8.96. The molecule has 0 spiro atoms. The largest absolute Gasteiger partial charge is 0.508 e. The van der Waals surface area contributed by atoms with Gasteiger partial charge in [0.2, 0.25) is 5.88 Å². The molecule has 32 heavy (non-hydrogen) atoms. The van der Waals surface area contributed by atoms with Crippen molar-refractivity contribution in [2.24, 2.45) is 10.7 Å². The van der Waals surface area contributed by atoms with Crippen molar-refractivity contribution in [1.82, 2.24) is 14.6 Å². The lowest BCUT2D eigenvalue weighted by molar-refractivity contribution is 0.397. The highest BCUT2D eigenvalue weighted by Gasteiger charge is 2.15. The summed E-state index contributed by atoms with van der Waals surface area (Å²) in [6.45, 7) is 4.03. The molecule has 3 heterocycles. The lowest BCUT2D eigenvalue weighted by atomic mass is 10.1. The molecule has 164 valence electrons. The Morgan fingerprint density at radius 1 is 1.25 bits per heavy atom. The standard InChI is InChI=1S/C24H26N6O2/c1-5-15-9-17(31)6-7-20(15)29-24(25)19-12-28-30-13-16(10-21(30)23(19)26-3)18-11-27-22(32-4)8-14(18)2/h6-13,26,31H,5H2,1-4H3,(H2,25,29). The first-order chi connectivity index (χ1) is 15.4. The number of aryl methyl sites for hydroxylation is 2. The molecule has 0 amide bonds. The Hall–Kier alpha value is -4.07. The van der Waals surface area contributed by atoms with Crippen LogP contribution in [0, 0.1) is 6.92 Å². The van der Waals surface area contributed by atoms with Crippen LogP contribution < -0.4 is 15.8 Å². The highest BCUT2D eigenvalue weighted by molar-refractivity contribution is 6.06. The lowest BCUT2D eigenvalue weighted by Gasteiger charge is -2.11. The number of nitrogens with two attached hydrogens (primary N) is 1. The number of fused-ring (bicyclic) bond motifs is 1. The van der Waals surface area contributed by atoms with Gasteiger partial charge in [0.25, 0.3) is 0 Å². The molecule has 8 nitrogen and oxygen atoms in total. The summed E-state index contributed by atoms with van der Waals surface area (Å²) in [7, 11) is 3.45. The molecule has 4 rings (SSSR count). The fourth-order valence-corrected chi connectivity index (χ4v) is 3.76. The van der Waals surface area contributed by atoms with Crippen molar-refractivity contribution in [3.63, 3.8) is 0 Å². The average Bonchev–Trinajstić information content (AvgIpc) is 3.23. The quantitative estimate of drug-likeness (QED) is 0.314. The number of benzene rings is 1. The van der Waals surface area contributed by atoms with Gasteiger partial charge >= 0.3 is 0 Å². The smallest absolute Gasteiger partial charge is 0.213 e. The number of nitrogens with one attached hydrogen (secondary N) is 1. The van der Waals surface area contributed by atoms with Crippen molar-refractivity contribution in [1.29, 1.82) is 0 Å². The third-order valence-electron chi connectivity index (χ3n) is 5.45. The van der Waals surface area contributed by atoms with Crippen LogP contribution in [-0.4, -0.2) is 39.7 Å². The number of anilines is 1. The Labute approximate surface area is 186 Å². The van der Waals surface area contributed by atoms with Crippen LogP contribution in [0.4, 0.5) is 11.4 Å². The minimum atomic E-state index is 0.211. The molecule has 0 saturated carbocycles. The number of nitrogens with zero attached hydrogens (tertiary/aromatic N) is 4. The van der Waals surface area contributed by atoms with Gasteiger partial charge in [-0.1, -0.05) is 6.92 Å². The molecule has 0 aliphatic carbocycles. The number of aliphatic imine (C=N–C) groups is 1. The van der Waals surface area contributed by atoms with Gasteiger partial charge in [-0.05, 0) is 48.7 Å². The van der Waals surface area contributed by atoms with E-state index in [1.807, 2.05) is 39.2 Å². The van der Waals surface area contributed by atoms with Crippen LogP contribution in [0.25, 0.3) is 16.6 Å². The fourth-order valence-electron chi connectivity index (χ4n) is 3.76. The topological polar surface area (TPSA) is 110 Å². The van der Waals surface area contributed by atoms with Gasteiger partial charge in [-0.15, -0.1) is 0 Å². The van der Waals surface area contributed by atoms with Crippen LogP contribution in [-0.2, 0) is 6.42 Å². The van der Waals surface area contributed by atoms with Crippen molar-refractivity contribution in [3.8, 4) is 22.8 Å². The highest BCUT2D eigenvalue weighted by Crippen LogP contribution is 2.31. The van der Waals surface area contributed by atoms with Crippen LogP contribution in [0.5, 0.6) is 11.6 Å².